The van der Waals surface area contributed by atoms with Gasteiger partial charge in [0.1, 0.15) is 11.4 Å². The van der Waals surface area contributed by atoms with Crippen LogP contribution in [0.4, 0.5) is 4.39 Å². The Morgan fingerprint density at radius 2 is 2.18 bits per heavy atom. The van der Waals surface area contributed by atoms with Gasteiger partial charge in [-0.05, 0) is 38.0 Å². The summed E-state index contributed by atoms with van der Waals surface area (Å²) in [6.07, 6.45) is 3.46. The van der Waals surface area contributed by atoms with Crippen LogP contribution >= 0.6 is 0 Å². The number of nitrogens with zero attached hydrogens (tertiary/aromatic N) is 1. The van der Waals surface area contributed by atoms with Crippen LogP contribution in [0.1, 0.15) is 36.2 Å². The van der Waals surface area contributed by atoms with Gasteiger partial charge in [0.15, 0.2) is 6.79 Å². The molecule has 0 unspecified atom stereocenters. The number of carbonyl (C=O) groups is 1. The van der Waals surface area contributed by atoms with Gasteiger partial charge >= 0.3 is 5.97 Å². The maximum absolute atomic E-state index is 13.5. The molecule has 1 fully saturated rings. The second-order valence-electron chi connectivity index (χ2n) is 5.21. The molecule has 116 valence electrons. The number of hydrogen-bond donors (Lipinski definition) is 0. The first-order chi connectivity index (χ1) is 10.6. The maximum atomic E-state index is 13.5. The second kappa shape index (κ2) is 5.88. The third kappa shape index (κ3) is 2.74. The lowest BCUT2D eigenvalue weighted by molar-refractivity contribution is -0.0275. The summed E-state index contributed by atoms with van der Waals surface area (Å²) in [4.78, 5) is 24.5. The van der Waals surface area contributed by atoms with Crippen LogP contribution in [0, 0.1) is 5.82 Å². The van der Waals surface area contributed by atoms with Gasteiger partial charge in [0.2, 0.25) is 5.43 Å². The first-order valence-corrected chi connectivity index (χ1v) is 7.21. The van der Waals surface area contributed by atoms with Gasteiger partial charge in [-0.2, -0.15) is 0 Å². The van der Waals surface area contributed by atoms with Gasteiger partial charge in [-0.25, -0.2) is 9.18 Å². The van der Waals surface area contributed by atoms with Crippen LogP contribution in [0.3, 0.4) is 0 Å². The Balaban J connectivity index is 2.08. The molecule has 22 heavy (non-hydrogen) atoms. The molecule has 0 amide bonds. The zero-order valence-corrected chi connectivity index (χ0v) is 12.2. The molecule has 6 heteroatoms. The van der Waals surface area contributed by atoms with Crippen molar-refractivity contribution in [3.63, 3.8) is 0 Å². The zero-order chi connectivity index (χ0) is 15.7. The van der Waals surface area contributed by atoms with E-state index in [1.165, 1.54) is 12.3 Å². The summed E-state index contributed by atoms with van der Waals surface area (Å²) in [5.74, 6) is -1.26. The molecule has 0 radical (unpaired) electrons. The Bertz CT molecular complexity index is 780. The van der Waals surface area contributed by atoms with Crippen molar-refractivity contribution in [2.24, 2.45) is 0 Å². The second-order valence-corrected chi connectivity index (χ2v) is 5.21. The molecule has 5 nitrogen and oxygen atoms in total. The highest BCUT2D eigenvalue weighted by Gasteiger charge is 2.27. The number of ether oxygens (including phenoxy) is 2. The lowest BCUT2D eigenvalue weighted by Gasteiger charge is -2.12. The number of rotatable bonds is 5. The van der Waals surface area contributed by atoms with Gasteiger partial charge in [0.25, 0.3) is 0 Å². The maximum Gasteiger partial charge on any atom is 0.345 e. The van der Waals surface area contributed by atoms with E-state index in [-0.39, 0.29) is 23.8 Å². The summed E-state index contributed by atoms with van der Waals surface area (Å²) in [6.45, 7) is 1.97. The SMILES string of the molecule is CCOCOC(=O)c1cn(C2CC2)c2ccc(F)cc2c1=O. The fraction of sp³-hybridized carbons (Fsp3) is 0.375. The van der Waals surface area contributed by atoms with Gasteiger partial charge in [0, 0.05) is 24.2 Å². The highest BCUT2D eigenvalue weighted by Crippen LogP contribution is 2.37. The van der Waals surface area contributed by atoms with E-state index in [1.807, 2.05) is 4.57 Å². The van der Waals surface area contributed by atoms with Gasteiger partial charge < -0.3 is 14.0 Å². The fourth-order valence-electron chi connectivity index (χ4n) is 2.38. The number of aromatic nitrogens is 1. The largest absolute Gasteiger partial charge is 0.435 e. The van der Waals surface area contributed by atoms with Crippen molar-refractivity contribution >= 4 is 16.9 Å². The van der Waals surface area contributed by atoms with E-state index in [1.54, 1.807) is 13.0 Å². The normalized spacial score (nSPS) is 14.3. The Kier molecular flexibility index (Phi) is 3.94. The van der Waals surface area contributed by atoms with E-state index in [4.69, 9.17) is 9.47 Å². The van der Waals surface area contributed by atoms with E-state index in [9.17, 15) is 14.0 Å². The van der Waals surface area contributed by atoms with Crippen molar-refractivity contribution in [1.82, 2.24) is 4.57 Å². The van der Waals surface area contributed by atoms with Crippen LogP contribution in [0.25, 0.3) is 10.9 Å². The third-order valence-electron chi connectivity index (χ3n) is 3.63. The summed E-state index contributed by atoms with van der Waals surface area (Å²) in [7, 11) is 0. The number of carbonyl (C=O) groups excluding carboxylic acids is 1. The van der Waals surface area contributed by atoms with Crippen LogP contribution in [-0.4, -0.2) is 23.9 Å². The van der Waals surface area contributed by atoms with Crippen LogP contribution in [0.15, 0.2) is 29.2 Å². The first-order valence-electron chi connectivity index (χ1n) is 7.21. The molecule has 2 aromatic rings. The fourth-order valence-corrected chi connectivity index (χ4v) is 2.38. The standard InChI is InChI=1S/C16H16FNO4/c1-2-21-9-22-16(20)13-8-18(11-4-5-11)14-6-3-10(17)7-12(14)15(13)19/h3,6-8,11H,2,4-5,9H2,1H3. The minimum absolute atomic E-state index is 0.0929. The minimum atomic E-state index is -0.751. The number of esters is 1. The number of pyridine rings is 1. The number of hydrogen-bond acceptors (Lipinski definition) is 4. The molecule has 0 aliphatic heterocycles. The van der Waals surface area contributed by atoms with E-state index in [0.29, 0.717) is 12.1 Å². The summed E-state index contributed by atoms with van der Waals surface area (Å²) in [5, 5.41) is 0.192. The molecular weight excluding hydrogens is 289 g/mol. The van der Waals surface area contributed by atoms with Gasteiger partial charge in [0.05, 0.1) is 5.52 Å². The van der Waals surface area contributed by atoms with Crippen LogP contribution < -0.4 is 5.43 Å². The van der Waals surface area contributed by atoms with Crippen molar-refractivity contribution in [2.45, 2.75) is 25.8 Å². The highest BCUT2D eigenvalue weighted by atomic mass is 19.1. The molecule has 0 spiro atoms. The quantitative estimate of drug-likeness (QED) is 0.484. The molecule has 1 aliphatic rings. The smallest absolute Gasteiger partial charge is 0.345 e. The molecule has 1 aromatic heterocycles. The molecule has 0 atom stereocenters. The molecule has 1 aromatic carbocycles. The molecule has 1 saturated carbocycles. The summed E-state index contributed by atoms with van der Waals surface area (Å²) >= 11 is 0. The van der Waals surface area contributed by atoms with Gasteiger partial charge in [-0.1, -0.05) is 0 Å². The lowest BCUT2D eigenvalue weighted by atomic mass is 10.1. The van der Waals surface area contributed by atoms with Crippen LogP contribution in [0.5, 0.6) is 0 Å². The topological polar surface area (TPSA) is 57.5 Å². The molecule has 1 heterocycles. The molecule has 0 bridgehead atoms. The van der Waals surface area contributed by atoms with Crippen LogP contribution in [0.2, 0.25) is 0 Å². The van der Waals surface area contributed by atoms with E-state index in [0.717, 1.165) is 18.9 Å². The Morgan fingerprint density at radius 3 is 2.86 bits per heavy atom. The van der Waals surface area contributed by atoms with E-state index in [2.05, 4.69) is 0 Å². The average Bonchev–Trinajstić information content (AvgIpc) is 3.33. The van der Waals surface area contributed by atoms with Crippen molar-refractivity contribution < 1.29 is 18.7 Å². The molecule has 3 rings (SSSR count). The predicted octanol–water partition coefficient (Wildman–Crippen LogP) is 2.63. The zero-order valence-electron chi connectivity index (χ0n) is 12.2. The molecular formula is C16H16FNO4. The summed E-state index contributed by atoms with van der Waals surface area (Å²) in [6, 6.07) is 4.29. The predicted molar refractivity (Wildman–Crippen MR) is 78.3 cm³/mol. The average molecular weight is 305 g/mol. The van der Waals surface area contributed by atoms with Gasteiger partial charge in [-0.15, -0.1) is 0 Å². The molecule has 0 N–H and O–H groups in total. The minimum Gasteiger partial charge on any atom is -0.435 e. The molecule has 0 saturated heterocycles. The van der Waals surface area contributed by atoms with Crippen LogP contribution in [-0.2, 0) is 9.47 Å². The Labute approximate surface area is 126 Å². The first kappa shape index (κ1) is 14.7. The Hall–Kier alpha value is -2.21. The monoisotopic (exact) mass is 305 g/mol. The number of halogens is 1. The van der Waals surface area contributed by atoms with Crippen molar-refractivity contribution in [3.05, 3.63) is 46.0 Å². The number of fused-ring (bicyclic) bond motifs is 1. The summed E-state index contributed by atoms with van der Waals surface area (Å²) in [5.41, 5.74) is 0.0212. The van der Waals surface area contributed by atoms with Crippen molar-refractivity contribution in [1.29, 1.82) is 0 Å². The van der Waals surface area contributed by atoms with Gasteiger partial charge in [-0.3, -0.25) is 4.79 Å². The third-order valence-corrected chi connectivity index (χ3v) is 3.63. The van der Waals surface area contributed by atoms with E-state index < -0.39 is 17.2 Å². The van der Waals surface area contributed by atoms with E-state index >= 15 is 0 Å². The number of benzene rings is 1. The molecule has 1 aliphatic carbocycles. The Morgan fingerprint density at radius 1 is 1.41 bits per heavy atom. The van der Waals surface area contributed by atoms with Crippen molar-refractivity contribution in [3.8, 4) is 0 Å². The summed E-state index contributed by atoms with van der Waals surface area (Å²) < 4.78 is 25.2. The lowest BCUT2D eigenvalue weighted by Crippen LogP contribution is -2.21. The van der Waals surface area contributed by atoms with Crippen molar-refractivity contribution in [2.75, 3.05) is 13.4 Å². The highest BCUT2D eigenvalue weighted by molar-refractivity contribution is 5.93.